The summed E-state index contributed by atoms with van der Waals surface area (Å²) in [4.78, 5) is 32.0. The van der Waals surface area contributed by atoms with Crippen LogP contribution in [0.3, 0.4) is 0 Å². The monoisotopic (exact) mass is 496 g/mol. The van der Waals surface area contributed by atoms with Gasteiger partial charge in [-0.15, -0.1) is 0 Å². The van der Waals surface area contributed by atoms with E-state index in [1.54, 1.807) is 0 Å². The lowest BCUT2D eigenvalue weighted by Crippen LogP contribution is -2.33. The molecule has 3 aromatic carbocycles. The molecule has 192 valence electrons. The summed E-state index contributed by atoms with van der Waals surface area (Å²) in [6, 6.07) is 19.5. The van der Waals surface area contributed by atoms with Crippen molar-refractivity contribution in [3.63, 3.8) is 0 Å². The van der Waals surface area contributed by atoms with Crippen LogP contribution >= 0.6 is 0 Å². The Kier molecular flexibility index (Phi) is 6.67. The number of benzene rings is 3. The van der Waals surface area contributed by atoms with Crippen molar-refractivity contribution in [3.05, 3.63) is 93.3 Å². The molecule has 1 atom stereocenters. The molecule has 0 radical (unpaired) electrons. The molecule has 1 unspecified atom stereocenters. The molecule has 37 heavy (non-hydrogen) atoms. The fraction of sp³-hybridized carbons (Fsp3) is 0.375. The van der Waals surface area contributed by atoms with Crippen LogP contribution in [0, 0.1) is 0 Å². The maximum absolute atomic E-state index is 14.0. The lowest BCUT2D eigenvalue weighted by Gasteiger charge is -2.27. The summed E-state index contributed by atoms with van der Waals surface area (Å²) in [5.41, 5.74) is 3.00. The lowest BCUT2D eigenvalue weighted by atomic mass is 9.86. The van der Waals surface area contributed by atoms with E-state index in [1.165, 1.54) is 5.56 Å². The largest absolute Gasteiger partial charge is 0.450 e. The molecular weight excluding hydrogens is 460 g/mol. The fourth-order valence-corrected chi connectivity index (χ4v) is 5.49. The minimum absolute atomic E-state index is 0.0155. The van der Waals surface area contributed by atoms with Gasteiger partial charge in [-0.25, -0.2) is 0 Å². The van der Waals surface area contributed by atoms with Gasteiger partial charge in [-0.05, 0) is 54.0 Å². The fourth-order valence-electron chi connectivity index (χ4n) is 5.49. The van der Waals surface area contributed by atoms with E-state index in [0.717, 1.165) is 42.4 Å². The third-order valence-electron chi connectivity index (χ3n) is 7.72. The van der Waals surface area contributed by atoms with Crippen molar-refractivity contribution in [2.75, 3.05) is 26.2 Å². The van der Waals surface area contributed by atoms with Crippen LogP contribution in [0.2, 0.25) is 0 Å². The van der Waals surface area contributed by atoms with E-state index in [9.17, 15) is 9.59 Å². The minimum Gasteiger partial charge on any atom is -0.450 e. The Morgan fingerprint density at radius 1 is 0.892 bits per heavy atom. The molecule has 5 rings (SSSR count). The zero-order valence-electron chi connectivity index (χ0n) is 22.5. The maximum atomic E-state index is 14.0. The van der Waals surface area contributed by atoms with Crippen molar-refractivity contribution in [3.8, 4) is 0 Å². The highest BCUT2D eigenvalue weighted by molar-refractivity contribution is 6.06. The van der Waals surface area contributed by atoms with Crippen LogP contribution in [-0.4, -0.2) is 41.9 Å². The van der Waals surface area contributed by atoms with Gasteiger partial charge >= 0.3 is 0 Å². The number of hydrogen-bond acceptors (Lipinski definition) is 4. The molecule has 0 aliphatic carbocycles. The van der Waals surface area contributed by atoms with Crippen LogP contribution in [-0.2, 0) is 5.41 Å². The van der Waals surface area contributed by atoms with Crippen molar-refractivity contribution < 1.29 is 9.21 Å². The number of carbonyl (C=O) groups is 1. The molecule has 1 aromatic heterocycles. The predicted molar refractivity (Wildman–Crippen MR) is 150 cm³/mol. The zero-order valence-corrected chi connectivity index (χ0v) is 22.5. The molecule has 0 fully saturated rings. The van der Waals surface area contributed by atoms with Gasteiger partial charge in [-0.3, -0.25) is 9.59 Å². The zero-order chi connectivity index (χ0) is 26.3. The number of nitrogens with zero attached hydrogens (tertiary/aromatic N) is 2. The Hall–Kier alpha value is -3.44. The van der Waals surface area contributed by atoms with Crippen molar-refractivity contribution >= 4 is 27.6 Å². The molecule has 4 aromatic rings. The highest BCUT2D eigenvalue weighted by Crippen LogP contribution is 2.39. The van der Waals surface area contributed by atoms with Gasteiger partial charge in [0.05, 0.1) is 17.0 Å². The molecule has 0 saturated carbocycles. The van der Waals surface area contributed by atoms with Crippen molar-refractivity contribution in [1.82, 2.24) is 9.80 Å². The Morgan fingerprint density at radius 2 is 1.59 bits per heavy atom. The second-order valence-corrected chi connectivity index (χ2v) is 11.0. The standard InChI is InChI=1S/C32H36N2O3/c1-6-33(7-2)19-10-20-34-27(22-13-16-23(17-14-22)32(3,4)5)26-28(35)25-18-15-21-11-8-9-12-24(21)29(25)37-30(26)31(34)36/h8-9,11-18,27H,6-7,10,19-20H2,1-5H3. The van der Waals surface area contributed by atoms with Crippen LogP contribution in [0.25, 0.3) is 21.7 Å². The van der Waals surface area contributed by atoms with E-state index in [2.05, 4.69) is 63.8 Å². The normalized spacial score (nSPS) is 15.8. The van der Waals surface area contributed by atoms with Gasteiger partial charge < -0.3 is 14.2 Å². The van der Waals surface area contributed by atoms with Crippen LogP contribution < -0.4 is 5.43 Å². The molecule has 0 spiro atoms. The van der Waals surface area contributed by atoms with Crippen LogP contribution in [0.1, 0.15) is 74.3 Å². The number of rotatable bonds is 7. The number of hydrogen-bond donors (Lipinski definition) is 0. The van der Waals surface area contributed by atoms with Gasteiger partial charge in [0.15, 0.2) is 5.43 Å². The van der Waals surface area contributed by atoms with E-state index in [1.807, 2.05) is 41.3 Å². The minimum atomic E-state index is -0.458. The molecule has 0 saturated heterocycles. The summed E-state index contributed by atoms with van der Waals surface area (Å²) in [5.74, 6) is -0.0204. The molecule has 0 bridgehead atoms. The Morgan fingerprint density at radius 3 is 2.27 bits per heavy atom. The average molecular weight is 497 g/mol. The molecule has 5 nitrogen and oxygen atoms in total. The van der Waals surface area contributed by atoms with Gasteiger partial charge in [0.25, 0.3) is 5.91 Å². The highest BCUT2D eigenvalue weighted by atomic mass is 16.3. The third-order valence-corrected chi connectivity index (χ3v) is 7.72. The van der Waals surface area contributed by atoms with Gasteiger partial charge in [-0.1, -0.05) is 89.2 Å². The number of amides is 1. The molecule has 1 aliphatic rings. The average Bonchev–Trinajstić information content (AvgIpc) is 3.18. The quantitative estimate of drug-likeness (QED) is 0.273. The first kappa shape index (κ1) is 25.2. The van der Waals surface area contributed by atoms with Crippen LogP contribution in [0.5, 0.6) is 0 Å². The summed E-state index contributed by atoms with van der Waals surface area (Å²) in [6.07, 6.45) is 0.828. The van der Waals surface area contributed by atoms with Crippen molar-refractivity contribution in [1.29, 1.82) is 0 Å². The first-order valence-corrected chi connectivity index (χ1v) is 13.4. The second kappa shape index (κ2) is 9.79. The SMILES string of the molecule is CCN(CC)CCCN1C(=O)c2oc3c(ccc4ccccc43)c(=O)c2C1c1ccc(C(C)(C)C)cc1. The Balaban J connectivity index is 1.64. The summed E-state index contributed by atoms with van der Waals surface area (Å²) in [6.45, 7) is 14.3. The molecule has 2 heterocycles. The Labute approximate surface area is 218 Å². The predicted octanol–water partition coefficient (Wildman–Crippen LogP) is 6.52. The molecule has 5 heteroatoms. The molecule has 1 aliphatic heterocycles. The van der Waals surface area contributed by atoms with Gasteiger partial charge in [0.2, 0.25) is 5.76 Å². The van der Waals surface area contributed by atoms with E-state index < -0.39 is 6.04 Å². The van der Waals surface area contributed by atoms with Gasteiger partial charge in [-0.2, -0.15) is 0 Å². The van der Waals surface area contributed by atoms with Crippen LogP contribution in [0.4, 0.5) is 0 Å². The first-order valence-electron chi connectivity index (χ1n) is 13.4. The summed E-state index contributed by atoms with van der Waals surface area (Å²) in [5, 5.41) is 2.35. The summed E-state index contributed by atoms with van der Waals surface area (Å²) in [7, 11) is 0. The highest BCUT2D eigenvalue weighted by Gasteiger charge is 2.42. The van der Waals surface area contributed by atoms with Crippen molar-refractivity contribution in [2.24, 2.45) is 0 Å². The molecule has 0 N–H and O–H groups in total. The van der Waals surface area contributed by atoms with Gasteiger partial charge in [0, 0.05) is 11.9 Å². The van der Waals surface area contributed by atoms with Crippen LogP contribution in [0.15, 0.2) is 69.9 Å². The topological polar surface area (TPSA) is 53.8 Å². The molecule has 1 amide bonds. The lowest BCUT2D eigenvalue weighted by molar-refractivity contribution is 0.0720. The first-order chi connectivity index (χ1) is 17.7. The maximum Gasteiger partial charge on any atom is 0.290 e. The number of fused-ring (bicyclic) bond motifs is 4. The van der Waals surface area contributed by atoms with Crippen molar-refractivity contribution in [2.45, 2.75) is 52.5 Å². The van der Waals surface area contributed by atoms with E-state index in [4.69, 9.17) is 4.42 Å². The van der Waals surface area contributed by atoms with E-state index in [0.29, 0.717) is 23.1 Å². The van der Waals surface area contributed by atoms with E-state index >= 15 is 0 Å². The Bertz CT molecular complexity index is 1510. The van der Waals surface area contributed by atoms with Gasteiger partial charge in [0.1, 0.15) is 5.58 Å². The van der Waals surface area contributed by atoms with E-state index in [-0.39, 0.29) is 22.5 Å². The third kappa shape index (κ3) is 4.46. The smallest absolute Gasteiger partial charge is 0.290 e. The summed E-state index contributed by atoms with van der Waals surface area (Å²) >= 11 is 0. The summed E-state index contributed by atoms with van der Waals surface area (Å²) < 4.78 is 6.34. The molecular formula is C32H36N2O3. The second-order valence-electron chi connectivity index (χ2n) is 11.0. The number of carbonyl (C=O) groups excluding carboxylic acids is 1.